The molecule has 0 aromatic heterocycles. The Morgan fingerprint density at radius 3 is 1.26 bits per heavy atom. The van der Waals surface area contributed by atoms with E-state index in [1.165, 1.54) is 0 Å². The fraction of sp³-hybridized carbons (Fsp3) is 1.00. The zero-order valence-corrected chi connectivity index (χ0v) is 16.8. The first kappa shape index (κ1) is 19.6. The van der Waals surface area contributed by atoms with Crippen molar-refractivity contribution in [1.82, 2.24) is 9.80 Å². The van der Waals surface area contributed by atoms with Gasteiger partial charge >= 0.3 is 131 Å². The first-order chi connectivity index (χ1) is 8.73. The van der Waals surface area contributed by atoms with Crippen LogP contribution in [-0.4, -0.2) is 85.3 Å². The molecular weight excluding hydrogens is 347 g/mol. The Bertz CT molecular complexity index is 201. The molecule has 0 N–H and O–H groups in total. The SMILES string of the molecule is CC(C)C(CN(C)C)[O][Sn][O]C(CN(C)C)C(C)C. The summed E-state index contributed by atoms with van der Waals surface area (Å²) >= 11 is -1.20. The van der Waals surface area contributed by atoms with E-state index >= 15 is 0 Å². The first-order valence-electron chi connectivity index (χ1n) is 7.09. The van der Waals surface area contributed by atoms with Crippen molar-refractivity contribution in [3.63, 3.8) is 0 Å². The molecule has 0 aromatic carbocycles. The fourth-order valence-electron chi connectivity index (χ4n) is 1.64. The van der Waals surface area contributed by atoms with Crippen LogP contribution < -0.4 is 0 Å². The molecule has 19 heavy (non-hydrogen) atoms. The second kappa shape index (κ2) is 10.4. The Morgan fingerprint density at radius 1 is 0.737 bits per heavy atom. The topological polar surface area (TPSA) is 24.9 Å². The van der Waals surface area contributed by atoms with Crippen LogP contribution in [0.2, 0.25) is 0 Å². The van der Waals surface area contributed by atoms with Crippen LogP contribution in [0.1, 0.15) is 27.7 Å². The third kappa shape index (κ3) is 10.1. The minimum atomic E-state index is -1.20. The Kier molecular flexibility index (Phi) is 10.7. The predicted molar refractivity (Wildman–Crippen MR) is 82.3 cm³/mol. The summed E-state index contributed by atoms with van der Waals surface area (Å²) in [6.07, 6.45) is 0.600. The van der Waals surface area contributed by atoms with Crippen molar-refractivity contribution in [3.05, 3.63) is 0 Å². The van der Waals surface area contributed by atoms with Crippen molar-refractivity contribution in [2.75, 3.05) is 41.3 Å². The van der Waals surface area contributed by atoms with Crippen LogP contribution in [-0.2, 0) is 6.15 Å². The van der Waals surface area contributed by atoms with Gasteiger partial charge in [-0.3, -0.25) is 0 Å². The zero-order chi connectivity index (χ0) is 15.0. The fourth-order valence-corrected chi connectivity index (χ4v) is 4.48. The minimum absolute atomic E-state index is 0.300. The molecule has 2 atom stereocenters. The summed E-state index contributed by atoms with van der Waals surface area (Å²) < 4.78 is 12.1. The van der Waals surface area contributed by atoms with E-state index < -0.39 is 22.0 Å². The van der Waals surface area contributed by atoms with Crippen LogP contribution in [0.5, 0.6) is 0 Å². The Morgan fingerprint density at radius 2 is 1.05 bits per heavy atom. The van der Waals surface area contributed by atoms with Crippen LogP contribution in [0.15, 0.2) is 0 Å². The molecule has 0 bridgehead atoms. The molecule has 2 unspecified atom stereocenters. The molecule has 0 spiro atoms. The second-order valence-electron chi connectivity index (χ2n) is 6.41. The molecule has 0 saturated heterocycles. The summed E-state index contributed by atoms with van der Waals surface area (Å²) in [4.78, 5) is 4.37. The van der Waals surface area contributed by atoms with Crippen molar-refractivity contribution in [2.24, 2.45) is 11.8 Å². The summed E-state index contributed by atoms with van der Waals surface area (Å²) in [6, 6.07) is 0. The van der Waals surface area contributed by atoms with Crippen LogP contribution >= 0.6 is 0 Å². The van der Waals surface area contributed by atoms with E-state index in [-0.39, 0.29) is 0 Å². The number of likely N-dealkylation sites (N-methyl/N-ethyl adjacent to an activating group) is 2. The van der Waals surface area contributed by atoms with E-state index in [2.05, 4.69) is 65.7 Å². The monoisotopic (exact) mass is 380 g/mol. The van der Waals surface area contributed by atoms with Gasteiger partial charge in [-0.15, -0.1) is 0 Å². The third-order valence-corrected chi connectivity index (χ3v) is 5.25. The summed E-state index contributed by atoms with van der Waals surface area (Å²) in [5, 5.41) is 0. The average Bonchev–Trinajstić information content (AvgIpc) is 2.24. The quantitative estimate of drug-likeness (QED) is 0.540. The van der Waals surface area contributed by atoms with Crippen molar-refractivity contribution in [2.45, 2.75) is 39.9 Å². The van der Waals surface area contributed by atoms with E-state index in [4.69, 9.17) is 6.15 Å². The van der Waals surface area contributed by atoms with Crippen LogP contribution in [0.3, 0.4) is 0 Å². The summed E-state index contributed by atoms with van der Waals surface area (Å²) in [6.45, 7) is 10.8. The molecule has 0 aliphatic heterocycles. The van der Waals surface area contributed by atoms with Crippen molar-refractivity contribution in [1.29, 1.82) is 0 Å². The molecule has 0 aromatic rings. The van der Waals surface area contributed by atoms with Gasteiger partial charge in [0.25, 0.3) is 0 Å². The normalized spacial score (nSPS) is 15.8. The molecular formula is C14H32N2O2Sn. The van der Waals surface area contributed by atoms with Gasteiger partial charge < -0.3 is 0 Å². The molecule has 0 saturated carbocycles. The van der Waals surface area contributed by atoms with Gasteiger partial charge in [-0.25, -0.2) is 0 Å². The first-order valence-corrected chi connectivity index (χ1v) is 9.42. The third-order valence-electron chi connectivity index (χ3n) is 2.98. The summed E-state index contributed by atoms with van der Waals surface area (Å²) in [5.74, 6) is 1.08. The van der Waals surface area contributed by atoms with Gasteiger partial charge in [0.05, 0.1) is 0 Å². The maximum absolute atomic E-state index is 6.06. The Hall–Kier alpha value is 0.639. The van der Waals surface area contributed by atoms with Crippen LogP contribution in [0, 0.1) is 11.8 Å². The molecule has 0 amide bonds. The van der Waals surface area contributed by atoms with Crippen molar-refractivity contribution >= 4 is 22.0 Å². The van der Waals surface area contributed by atoms with E-state index in [0.717, 1.165) is 13.1 Å². The predicted octanol–water partition coefficient (Wildman–Crippen LogP) is 1.73. The number of nitrogens with zero attached hydrogens (tertiary/aromatic N) is 2. The van der Waals surface area contributed by atoms with Gasteiger partial charge in [-0.1, -0.05) is 0 Å². The van der Waals surface area contributed by atoms with Crippen molar-refractivity contribution < 1.29 is 6.15 Å². The van der Waals surface area contributed by atoms with Gasteiger partial charge in [0.1, 0.15) is 0 Å². The summed E-state index contributed by atoms with van der Waals surface area (Å²) in [5.41, 5.74) is 0. The zero-order valence-electron chi connectivity index (χ0n) is 13.9. The van der Waals surface area contributed by atoms with Crippen molar-refractivity contribution in [3.8, 4) is 0 Å². The van der Waals surface area contributed by atoms with E-state index in [9.17, 15) is 0 Å². The molecule has 0 rings (SSSR count). The molecule has 0 heterocycles. The number of hydrogen-bond donors (Lipinski definition) is 0. The molecule has 4 nitrogen and oxygen atoms in total. The molecule has 2 radical (unpaired) electrons. The molecule has 0 aliphatic rings. The molecule has 114 valence electrons. The Balaban J connectivity index is 4.13. The second-order valence-corrected chi connectivity index (χ2v) is 8.23. The molecule has 0 fully saturated rings. The van der Waals surface area contributed by atoms with E-state index in [1.54, 1.807) is 0 Å². The van der Waals surface area contributed by atoms with E-state index in [1.807, 2.05) is 0 Å². The number of rotatable bonds is 10. The van der Waals surface area contributed by atoms with Gasteiger partial charge in [0.2, 0.25) is 0 Å². The average molecular weight is 379 g/mol. The standard InChI is InChI=1S/2C7H16NO.Sn/c2*1-6(2)7(9)5-8(3)4;/h2*6-7H,5H2,1-4H3;/q2*-1;+2. The maximum atomic E-state index is 6.06. The van der Waals surface area contributed by atoms with Gasteiger partial charge in [0, 0.05) is 0 Å². The molecule has 5 heteroatoms. The summed E-state index contributed by atoms with van der Waals surface area (Å²) in [7, 11) is 8.36. The number of hydrogen-bond acceptors (Lipinski definition) is 4. The van der Waals surface area contributed by atoms with Crippen LogP contribution in [0.25, 0.3) is 0 Å². The Labute approximate surface area is 131 Å². The van der Waals surface area contributed by atoms with Gasteiger partial charge in [0.15, 0.2) is 0 Å². The van der Waals surface area contributed by atoms with Gasteiger partial charge in [-0.05, 0) is 0 Å². The van der Waals surface area contributed by atoms with E-state index in [0.29, 0.717) is 24.0 Å². The van der Waals surface area contributed by atoms with Crippen LogP contribution in [0.4, 0.5) is 0 Å². The molecule has 0 aliphatic carbocycles. The van der Waals surface area contributed by atoms with Gasteiger partial charge in [-0.2, -0.15) is 0 Å².